The van der Waals surface area contributed by atoms with Gasteiger partial charge in [-0.1, -0.05) is 0 Å². The highest BCUT2D eigenvalue weighted by molar-refractivity contribution is 5.43. The Bertz CT molecular complexity index is 265. The summed E-state index contributed by atoms with van der Waals surface area (Å²) in [5, 5.41) is 8.42. The van der Waals surface area contributed by atoms with E-state index < -0.39 is 0 Å². The Hall–Kier alpha value is -1.56. The minimum atomic E-state index is 0.373. The second-order valence-electron chi connectivity index (χ2n) is 2.04. The summed E-state index contributed by atoms with van der Waals surface area (Å²) < 4.78 is 0. The van der Waals surface area contributed by atoms with E-state index in [0.717, 1.165) is 5.69 Å². The van der Waals surface area contributed by atoms with Gasteiger partial charge in [0.25, 0.3) is 0 Å². The van der Waals surface area contributed by atoms with E-state index in [1.54, 1.807) is 19.1 Å². The van der Waals surface area contributed by atoms with Crippen LogP contribution in [0.3, 0.4) is 0 Å². The van der Waals surface area contributed by atoms with Crippen LogP contribution < -0.4 is 5.73 Å². The van der Waals surface area contributed by atoms with Gasteiger partial charge in [-0.05, 0) is 19.1 Å². The van der Waals surface area contributed by atoms with Gasteiger partial charge in [-0.2, -0.15) is 5.26 Å². The zero-order valence-electron chi connectivity index (χ0n) is 5.63. The molecule has 0 unspecified atom stereocenters. The Kier molecular flexibility index (Phi) is 1.55. The fourth-order valence-electron chi connectivity index (χ4n) is 0.753. The molecular formula is C7H7N3. The van der Waals surface area contributed by atoms with Crippen molar-refractivity contribution in [1.29, 1.82) is 5.26 Å². The van der Waals surface area contributed by atoms with Crippen LogP contribution in [0.2, 0.25) is 0 Å². The summed E-state index contributed by atoms with van der Waals surface area (Å²) in [6.07, 6.45) is 0. The molecule has 1 aromatic rings. The number of nitrogens with zero attached hydrogens (tertiary/aromatic N) is 2. The smallest absolute Gasteiger partial charge is 0.142 e. The van der Waals surface area contributed by atoms with Gasteiger partial charge in [-0.3, -0.25) is 0 Å². The van der Waals surface area contributed by atoms with Crippen molar-refractivity contribution in [3.63, 3.8) is 0 Å². The molecule has 50 valence electrons. The molecule has 0 spiro atoms. The van der Waals surface area contributed by atoms with Crippen LogP contribution >= 0.6 is 0 Å². The lowest BCUT2D eigenvalue weighted by Gasteiger charge is -1.94. The molecule has 0 saturated heterocycles. The molecule has 0 atom stereocenters. The number of hydrogen-bond donors (Lipinski definition) is 1. The third-order valence-corrected chi connectivity index (χ3v) is 1.09. The summed E-state index contributed by atoms with van der Waals surface area (Å²) in [7, 11) is 0. The maximum atomic E-state index is 8.42. The first kappa shape index (κ1) is 6.56. The zero-order chi connectivity index (χ0) is 7.56. The molecule has 0 amide bonds. The number of aromatic nitrogens is 1. The fourth-order valence-corrected chi connectivity index (χ4v) is 0.753. The van der Waals surface area contributed by atoms with Crippen LogP contribution in [0.4, 0.5) is 5.69 Å². The molecule has 0 aliphatic carbocycles. The first-order valence-electron chi connectivity index (χ1n) is 2.86. The zero-order valence-corrected chi connectivity index (χ0v) is 5.63. The summed E-state index contributed by atoms with van der Waals surface area (Å²) in [6.45, 7) is 1.80. The largest absolute Gasteiger partial charge is 0.399 e. The topological polar surface area (TPSA) is 62.7 Å². The van der Waals surface area contributed by atoms with E-state index in [9.17, 15) is 0 Å². The number of nitrogens with two attached hydrogens (primary N) is 1. The lowest BCUT2D eigenvalue weighted by molar-refractivity contribution is 1.17. The number of hydrogen-bond acceptors (Lipinski definition) is 3. The SMILES string of the molecule is Cc1cc(N)cc(C#N)n1. The predicted molar refractivity (Wildman–Crippen MR) is 38.1 cm³/mol. The molecule has 0 radical (unpaired) electrons. The average molecular weight is 133 g/mol. The molecule has 0 aliphatic rings. The van der Waals surface area contributed by atoms with Gasteiger partial charge >= 0.3 is 0 Å². The van der Waals surface area contributed by atoms with Gasteiger partial charge in [0.05, 0.1) is 0 Å². The van der Waals surface area contributed by atoms with E-state index >= 15 is 0 Å². The standard InChI is InChI=1S/C7H7N3/c1-5-2-6(9)3-7(4-8)10-5/h2-3H,1H3,(H2,9,10). The van der Waals surface area contributed by atoms with Gasteiger partial charge in [0, 0.05) is 11.4 Å². The van der Waals surface area contributed by atoms with Gasteiger partial charge < -0.3 is 5.73 Å². The maximum absolute atomic E-state index is 8.42. The second-order valence-corrected chi connectivity index (χ2v) is 2.04. The molecule has 1 heterocycles. The van der Waals surface area contributed by atoms with Crippen molar-refractivity contribution in [2.75, 3.05) is 5.73 Å². The van der Waals surface area contributed by atoms with Crippen molar-refractivity contribution in [2.45, 2.75) is 6.92 Å². The molecule has 0 saturated carbocycles. The normalized spacial score (nSPS) is 8.80. The molecule has 0 aromatic carbocycles. The first-order chi connectivity index (χ1) is 4.72. The molecular weight excluding hydrogens is 126 g/mol. The van der Waals surface area contributed by atoms with Gasteiger partial charge in [0.15, 0.2) is 0 Å². The molecule has 0 bridgehead atoms. The number of pyridine rings is 1. The lowest BCUT2D eigenvalue weighted by Crippen LogP contribution is -1.91. The average Bonchev–Trinajstić information content (AvgIpc) is 1.85. The number of nitrogen functional groups attached to an aromatic ring is 1. The van der Waals surface area contributed by atoms with Crippen molar-refractivity contribution in [3.8, 4) is 6.07 Å². The number of rotatable bonds is 0. The molecule has 2 N–H and O–H groups in total. The molecule has 1 rings (SSSR count). The summed E-state index contributed by atoms with van der Waals surface area (Å²) in [6, 6.07) is 5.19. The van der Waals surface area contributed by atoms with E-state index in [1.165, 1.54) is 0 Å². The van der Waals surface area contributed by atoms with Gasteiger partial charge in [-0.25, -0.2) is 4.98 Å². The summed E-state index contributed by atoms with van der Waals surface area (Å²) >= 11 is 0. The van der Waals surface area contributed by atoms with Crippen molar-refractivity contribution in [2.24, 2.45) is 0 Å². The van der Waals surface area contributed by atoms with Crippen molar-refractivity contribution in [3.05, 3.63) is 23.5 Å². The van der Waals surface area contributed by atoms with Crippen molar-refractivity contribution >= 4 is 5.69 Å². The summed E-state index contributed by atoms with van der Waals surface area (Å²) in [4.78, 5) is 3.91. The van der Waals surface area contributed by atoms with E-state index in [2.05, 4.69) is 4.98 Å². The van der Waals surface area contributed by atoms with Gasteiger partial charge in [0.1, 0.15) is 11.8 Å². The van der Waals surface area contributed by atoms with Gasteiger partial charge in [0.2, 0.25) is 0 Å². The minimum absolute atomic E-state index is 0.373. The van der Waals surface area contributed by atoms with Crippen LogP contribution in [-0.4, -0.2) is 4.98 Å². The minimum Gasteiger partial charge on any atom is -0.399 e. The van der Waals surface area contributed by atoms with Crippen LogP contribution in [0.5, 0.6) is 0 Å². The van der Waals surface area contributed by atoms with Crippen LogP contribution in [0, 0.1) is 18.3 Å². The lowest BCUT2D eigenvalue weighted by atomic mass is 10.3. The summed E-state index contributed by atoms with van der Waals surface area (Å²) in [5.74, 6) is 0. The molecule has 0 fully saturated rings. The monoisotopic (exact) mass is 133 g/mol. The molecule has 3 nitrogen and oxygen atoms in total. The summed E-state index contributed by atoms with van der Waals surface area (Å²) in [5.41, 5.74) is 7.18. The Morgan fingerprint density at radius 3 is 2.80 bits per heavy atom. The Morgan fingerprint density at radius 2 is 2.30 bits per heavy atom. The first-order valence-corrected chi connectivity index (χ1v) is 2.86. The van der Waals surface area contributed by atoms with Gasteiger partial charge in [-0.15, -0.1) is 0 Å². The van der Waals surface area contributed by atoms with Crippen molar-refractivity contribution < 1.29 is 0 Å². The third kappa shape index (κ3) is 1.23. The highest BCUT2D eigenvalue weighted by Crippen LogP contribution is 2.04. The van der Waals surface area contributed by atoms with Crippen LogP contribution in [-0.2, 0) is 0 Å². The predicted octanol–water partition coefficient (Wildman–Crippen LogP) is 0.844. The Morgan fingerprint density at radius 1 is 1.60 bits per heavy atom. The van der Waals surface area contributed by atoms with E-state index in [1.807, 2.05) is 6.07 Å². The second kappa shape index (κ2) is 2.36. The van der Waals surface area contributed by atoms with Crippen LogP contribution in [0.1, 0.15) is 11.4 Å². The Balaban J connectivity index is 3.22. The van der Waals surface area contributed by atoms with Crippen LogP contribution in [0.25, 0.3) is 0 Å². The number of nitriles is 1. The highest BCUT2D eigenvalue weighted by atomic mass is 14.7. The van der Waals surface area contributed by atoms with Crippen LogP contribution in [0.15, 0.2) is 12.1 Å². The van der Waals surface area contributed by atoms with E-state index in [-0.39, 0.29) is 0 Å². The number of anilines is 1. The molecule has 10 heavy (non-hydrogen) atoms. The van der Waals surface area contributed by atoms with E-state index in [4.69, 9.17) is 11.0 Å². The van der Waals surface area contributed by atoms with E-state index in [0.29, 0.717) is 11.4 Å². The maximum Gasteiger partial charge on any atom is 0.142 e. The third-order valence-electron chi connectivity index (χ3n) is 1.09. The quantitative estimate of drug-likeness (QED) is 0.570. The van der Waals surface area contributed by atoms with Crippen molar-refractivity contribution in [1.82, 2.24) is 4.98 Å². The highest BCUT2D eigenvalue weighted by Gasteiger charge is 1.93. The number of aryl methyl sites for hydroxylation is 1. The molecule has 1 aromatic heterocycles. The Labute approximate surface area is 59.1 Å². The molecule has 0 aliphatic heterocycles. The fraction of sp³-hybridized carbons (Fsp3) is 0.143. The molecule has 3 heteroatoms.